The second kappa shape index (κ2) is 41.0. The summed E-state index contributed by atoms with van der Waals surface area (Å²) in [6, 6.07) is 0.202. The summed E-state index contributed by atoms with van der Waals surface area (Å²) in [5.74, 6) is -10.8. The number of Topliss-reactive ketones (excluding diaryl/α,β-unsaturated/α-hetero) is 3. The minimum absolute atomic E-state index is 0.0146. The summed E-state index contributed by atoms with van der Waals surface area (Å²) < 4.78 is 5.33. The van der Waals surface area contributed by atoms with Gasteiger partial charge in [-0.25, -0.2) is 0 Å². The van der Waals surface area contributed by atoms with Gasteiger partial charge in [0.25, 0.3) is 0 Å². The van der Waals surface area contributed by atoms with Crippen LogP contribution in [0.3, 0.4) is 0 Å². The molecule has 0 aromatic heterocycles. The molecule has 0 bridgehead atoms. The fourth-order valence-corrected chi connectivity index (χ4v) is 10.1. The quantitative estimate of drug-likeness (QED) is 0.0391. The van der Waals surface area contributed by atoms with Crippen LogP contribution in [-0.2, 0) is 63.9 Å². The Bertz CT molecular complexity index is 2330. The van der Waals surface area contributed by atoms with Crippen LogP contribution in [0.4, 0.5) is 0 Å². The predicted molar refractivity (Wildman–Crippen MR) is 323 cm³/mol. The van der Waals surface area contributed by atoms with Crippen LogP contribution in [0.2, 0.25) is 0 Å². The molecule has 0 aliphatic carbocycles. The fraction of sp³-hybridized carbons (Fsp3) is 0.717. The minimum Gasteiger partial charge on any atom is -0.463 e. The molecule has 1 aromatic carbocycles. The molecule has 0 saturated carbocycles. The summed E-state index contributed by atoms with van der Waals surface area (Å²) in [5.41, 5.74) is 24.5. The molecule has 1 heterocycles. The van der Waals surface area contributed by atoms with Gasteiger partial charge in [0, 0.05) is 44.6 Å². The topological polar surface area (TPSA) is 438 Å². The largest absolute Gasteiger partial charge is 0.463 e. The molecule has 7 amide bonds. The lowest BCUT2D eigenvalue weighted by Crippen LogP contribution is -2.58. The van der Waals surface area contributed by atoms with Gasteiger partial charge in [-0.05, 0) is 122 Å². The van der Waals surface area contributed by atoms with Crippen LogP contribution in [0.25, 0.3) is 0 Å². The van der Waals surface area contributed by atoms with Gasteiger partial charge in [-0.1, -0.05) is 70.9 Å². The van der Waals surface area contributed by atoms with Crippen LogP contribution in [0.5, 0.6) is 0 Å². The molecule has 1 fully saturated rings. The molecule has 26 heteroatoms. The summed E-state index contributed by atoms with van der Waals surface area (Å²) in [4.78, 5) is 153. The Balaban J connectivity index is 2.61. The Labute approximate surface area is 506 Å². The second-order valence-electron chi connectivity index (χ2n) is 23.1. The van der Waals surface area contributed by atoms with E-state index >= 15 is 0 Å². The number of ether oxygens (including phenoxy) is 1. The molecule has 86 heavy (non-hydrogen) atoms. The summed E-state index contributed by atoms with van der Waals surface area (Å²) in [7, 11) is 0. The van der Waals surface area contributed by atoms with Crippen LogP contribution in [0, 0.1) is 23.7 Å². The third-order valence-corrected chi connectivity index (χ3v) is 15.0. The molecule has 26 nitrogen and oxygen atoms in total. The van der Waals surface area contributed by atoms with Gasteiger partial charge >= 0.3 is 5.97 Å². The molecule has 486 valence electrons. The summed E-state index contributed by atoms with van der Waals surface area (Å²) >= 11 is 0. The number of aliphatic hydroxyl groups is 2. The zero-order valence-corrected chi connectivity index (χ0v) is 51.6. The van der Waals surface area contributed by atoms with E-state index in [0.29, 0.717) is 18.4 Å². The summed E-state index contributed by atoms with van der Waals surface area (Å²) in [6.07, 6.45) is -2.79. The molecular weight excluding hydrogens is 1110 g/mol. The SMILES string of the molecule is CCCC(C)OC(=O)CCC(=O)N[C@@H](CCC)C(=O)C[C@H](C(=O)N[C@@H](CCN)C(=O)C[C@H]1CCNC(=O)[C@H](C(C)O)NC(=O)[C@H](CCN)CC(=O)[C@H](CCN)NC(=O)[C@H](CC(C)C)NC(=O)[C@@H](Cc2ccccc2)NC(=O)[C@H](CCN)NC1)C(C)O. The molecule has 3 unspecified atom stereocenters. The average Bonchev–Trinajstić information content (AvgIpc) is 3.51. The number of nitrogens with one attached hydrogen (secondary N) is 8. The van der Waals surface area contributed by atoms with Crippen molar-refractivity contribution in [2.45, 2.75) is 212 Å². The van der Waals surface area contributed by atoms with E-state index in [0.717, 1.165) is 6.42 Å². The summed E-state index contributed by atoms with van der Waals surface area (Å²) in [5, 5.41) is 43.8. The molecule has 18 N–H and O–H groups in total. The van der Waals surface area contributed by atoms with E-state index < -0.39 is 150 Å². The second-order valence-corrected chi connectivity index (χ2v) is 23.1. The number of benzene rings is 1. The van der Waals surface area contributed by atoms with Gasteiger partial charge in [0.1, 0.15) is 18.1 Å². The molecular formula is C60H102N12O14. The smallest absolute Gasteiger partial charge is 0.306 e. The highest BCUT2D eigenvalue weighted by molar-refractivity contribution is 5.98. The van der Waals surface area contributed by atoms with Gasteiger partial charge in [0.05, 0.1) is 54.8 Å². The number of carbonyl (C=O) groups excluding carboxylic acids is 11. The van der Waals surface area contributed by atoms with Crippen LogP contribution < -0.4 is 65.5 Å². The molecule has 1 aliphatic rings. The van der Waals surface area contributed by atoms with Gasteiger partial charge in [0.15, 0.2) is 17.3 Å². The first-order chi connectivity index (χ1) is 40.8. The number of carbonyl (C=O) groups is 11. The van der Waals surface area contributed by atoms with E-state index in [1.165, 1.54) is 13.8 Å². The zero-order chi connectivity index (χ0) is 64.5. The number of aliphatic hydroxyl groups excluding tert-OH is 2. The Hall–Kier alpha value is -6.29. The maximum absolute atomic E-state index is 14.5. The number of esters is 1. The zero-order valence-electron chi connectivity index (χ0n) is 51.6. The van der Waals surface area contributed by atoms with Crippen molar-refractivity contribution in [1.29, 1.82) is 0 Å². The Morgan fingerprint density at radius 2 is 1.26 bits per heavy atom. The van der Waals surface area contributed by atoms with Crippen molar-refractivity contribution in [3.05, 3.63) is 35.9 Å². The molecule has 1 aromatic rings. The van der Waals surface area contributed by atoms with Gasteiger partial charge in [-0.2, -0.15) is 0 Å². The maximum Gasteiger partial charge on any atom is 0.306 e. The molecule has 1 aliphatic heterocycles. The lowest BCUT2D eigenvalue weighted by atomic mass is 9.90. The average molecular weight is 1220 g/mol. The first-order valence-electron chi connectivity index (χ1n) is 30.6. The van der Waals surface area contributed by atoms with Crippen molar-refractivity contribution in [1.82, 2.24) is 42.5 Å². The van der Waals surface area contributed by atoms with Crippen molar-refractivity contribution in [2.24, 2.45) is 46.6 Å². The summed E-state index contributed by atoms with van der Waals surface area (Å²) in [6.45, 7) is 11.3. The maximum atomic E-state index is 14.5. The standard InChI is InChI=1S/C60H102N12O14/c1-8-13-36(5)86-53(79)18-17-52(78)67-43(14-9-2)51(77)33-42(37(6)73)56(81)68-44(20-25-62)49(75)31-40-23-28-65-60(85)54(38(7)74)72-55(80)41(19-24-61)32-50(76)45(21-26-63)69-58(83)47(29-35(3)4)70-59(84)48(30-39-15-11-10-12-16-39)71-57(82)46(22-27-64)66-34-40/h10-12,15-16,35-38,40-48,54,66,73-74H,8-9,13-14,17-34,61-64H2,1-7H3,(H,65,85)(H,67,78)(H,68,81)(H,69,83)(H,70,84)(H,71,82)(H,72,80)/t36?,37?,38?,40-,41-,42+,43+,44+,45+,46+,47+,48-,54+/m1/s1. The van der Waals surface area contributed by atoms with E-state index in [1.807, 2.05) is 20.8 Å². The minimum atomic E-state index is -1.54. The van der Waals surface area contributed by atoms with E-state index in [2.05, 4.69) is 42.5 Å². The van der Waals surface area contributed by atoms with Crippen molar-refractivity contribution in [3.63, 3.8) is 0 Å². The fourth-order valence-electron chi connectivity index (χ4n) is 10.1. The van der Waals surface area contributed by atoms with E-state index in [4.69, 9.17) is 27.7 Å². The Morgan fingerprint density at radius 3 is 1.85 bits per heavy atom. The van der Waals surface area contributed by atoms with Crippen molar-refractivity contribution < 1.29 is 67.7 Å². The van der Waals surface area contributed by atoms with Gasteiger partial charge < -0.3 is 80.4 Å². The molecule has 2 rings (SSSR count). The first kappa shape index (κ1) is 75.8. The Morgan fingerprint density at radius 1 is 0.663 bits per heavy atom. The molecule has 0 spiro atoms. The number of rotatable bonds is 31. The highest BCUT2D eigenvalue weighted by Gasteiger charge is 2.37. The van der Waals surface area contributed by atoms with Crippen molar-refractivity contribution in [3.8, 4) is 0 Å². The number of nitrogens with two attached hydrogens (primary N) is 4. The van der Waals surface area contributed by atoms with E-state index in [-0.39, 0.29) is 122 Å². The third kappa shape index (κ3) is 28.0. The first-order valence-corrected chi connectivity index (χ1v) is 30.6. The van der Waals surface area contributed by atoms with Crippen LogP contribution in [-0.4, -0.2) is 175 Å². The number of hydrogen-bond acceptors (Lipinski definition) is 19. The highest BCUT2D eigenvalue weighted by Crippen LogP contribution is 2.19. The molecule has 0 radical (unpaired) electrons. The van der Waals surface area contributed by atoms with Gasteiger partial charge in [0.2, 0.25) is 41.4 Å². The molecule has 1 saturated heterocycles. The number of hydrogen-bond donors (Lipinski definition) is 14. The normalized spacial score (nSPS) is 22.9. The Kier molecular flexibility index (Phi) is 36.1. The highest BCUT2D eigenvalue weighted by atomic mass is 16.5. The van der Waals surface area contributed by atoms with Crippen molar-refractivity contribution in [2.75, 3.05) is 39.3 Å². The lowest BCUT2D eigenvalue weighted by Gasteiger charge is -2.28. The van der Waals surface area contributed by atoms with Crippen LogP contribution >= 0.6 is 0 Å². The van der Waals surface area contributed by atoms with E-state index in [1.54, 1.807) is 44.2 Å². The van der Waals surface area contributed by atoms with Crippen LogP contribution in [0.1, 0.15) is 150 Å². The lowest BCUT2D eigenvalue weighted by molar-refractivity contribution is -0.149. The van der Waals surface area contributed by atoms with Gasteiger partial charge in [-0.15, -0.1) is 0 Å². The van der Waals surface area contributed by atoms with E-state index in [9.17, 15) is 63.0 Å². The van der Waals surface area contributed by atoms with Gasteiger partial charge in [-0.3, -0.25) is 52.7 Å². The number of amides is 7. The third-order valence-electron chi connectivity index (χ3n) is 15.0. The number of ketones is 3. The van der Waals surface area contributed by atoms with Crippen LogP contribution in [0.15, 0.2) is 30.3 Å². The predicted octanol–water partition coefficient (Wildman–Crippen LogP) is -1.14. The van der Waals surface area contributed by atoms with Crippen molar-refractivity contribution >= 4 is 64.7 Å². The molecule has 13 atom stereocenters. The monoisotopic (exact) mass is 1210 g/mol.